The van der Waals surface area contributed by atoms with Crippen LogP contribution in [0.3, 0.4) is 0 Å². The molecule has 1 atom stereocenters. The first kappa shape index (κ1) is 9.92. The molecule has 5 nitrogen and oxygen atoms in total. The summed E-state index contributed by atoms with van der Waals surface area (Å²) in [6.07, 6.45) is 3.34. The predicted molar refractivity (Wildman–Crippen MR) is 53.2 cm³/mol. The Labute approximate surface area is 87.3 Å². The lowest BCUT2D eigenvalue weighted by Crippen LogP contribution is -1.99. The third-order valence-electron chi connectivity index (χ3n) is 2.33. The van der Waals surface area contributed by atoms with Gasteiger partial charge in [-0.3, -0.25) is 0 Å². The number of aromatic nitrogens is 3. The second kappa shape index (κ2) is 3.86. The molecule has 1 unspecified atom stereocenters. The summed E-state index contributed by atoms with van der Waals surface area (Å²) in [5, 5.41) is 16.9. The molecule has 2 heterocycles. The molecule has 0 aromatic carbocycles. The Kier molecular flexibility index (Phi) is 2.55. The Morgan fingerprint density at radius 3 is 2.87 bits per heavy atom. The first-order chi connectivity index (χ1) is 7.16. The van der Waals surface area contributed by atoms with Crippen molar-refractivity contribution in [3.05, 3.63) is 35.4 Å². The topological polar surface area (TPSA) is 64.1 Å². The van der Waals surface area contributed by atoms with E-state index in [1.165, 1.54) is 0 Å². The van der Waals surface area contributed by atoms with Crippen LogP contribution < -0.4 is 0 Å². The summed E-state index contributed by atoms with van der Waals surface area (Å²) < 4.78 is 6.55. The van der Waals surface area contributed by atoms with Gasteiger partial charge in [0.25, 0.3) is 0 Å². The zero-order valence-corrected chi connectivity index (χ0v) is 8.71. The number of hydrogen-bond acceptors (Lipinski definition) is 4. The van der Waals surface area contributed by atoms with Crippen LogP contribution in [0.15, 0.2) is 23.1 Å². The summed E-state index contributed by atoms with van der Waals surface area (Å²) in [7, 11) is 0. The molecule has 0 bridgehead atoms. The summed E-state index contributed by atoms with van der Waals surface area (Å²) in [5.41, 5.74) is 2.49. The fourth-order valence-electron chi connectivity index (χ4n) is 1.37. The quantitative estimate of drug-likeness (QED) is 0.823. The van der Waals surface area contributed by atoms with Crippen molar-refractivity contribution in [1.29, 1.82) is 0 Å². The molecular formula is C10H13N3O2. The van der Waals surface area contributed by atoms with E-state index in [0.717, 1.165) is 17.0 Å². The maximum Gasteiger partial charge on any atom is 0.127 e. The van der Waals surface area contributed by atoms with E-state index >= 15 is 0 Å². The fourth-order valence-corrected chi connectivity index (χ4v) is 1.37. The average Bonchev–Trinajstić information content (AvgIpc) is 2.77. The van der Waals surface area contributed by atoms with E-state index in [4.69, 9.17) is 0 Å². The molecule has 2 rings (SSSR count). The first-order valence-corrected chi connectivity index (χ1v) is 4.78. The molecule has 2 aromatic rings. The van der Waals surface area contributed by atoms with Gasteiger partial charge in [0, 0.05) is 12.4 Å². The first-order valence-electron chi connectivity index (χ1n) is 4.78. The van der Waals surface area contributed by atoms with Gasteiger partial charge in [0.05, 0.1) is 12.6 Å². The lowest BCUT2D eigenvalue weighted by molar-refractivity contribution is 0.199. The van der Waals surface area contributed by atoms with Crippen LogP contribution in [0.1, 0.15) is 30.0 Å². The standard InChI is InChI=1S/C10H13N3O2/c1-7-10(12-15-11-7)6-13-4-3-9(5-13)8(2)14/h3-5,8,14H,6H2,1-2H3. The molecule has 0 saturated carbocycles. The van der Waals surface area contributed by atoms with Gasteiger partial charge in [-0.2, -0.15) is 0 Å². The molecule has 0 aliphatic carbocycles. The van der Waals surface area contributed by atoms with Gasteiger partial charge in [0.15, 0.2) is 0 Å². The van der Waals surface area contributed by atoms with Gasteiger partial charge in [-0.25, -0.2) is 4.63 Å². The van der Waals surface area contributed by atoms with Gasteiger partial charge >= 0.3 is 0 Å². The van der Waals surface area contributed by atoms with Gasteiger partial charge in [-0.05, 0) is 25.5 Å². The molecule has 15 heavy (non-hydrogen) atoms. The van der Waals surface area contributed by atoms with Crippen LogP contribution in [-0.4, -0.2) is 20.0 Å². The Balaban J connectivity index is 2.15. The largest absolute Gasteiger partial charge is 0.389 e. The monoisotopic (exact) mass is 207 g/mol. The number of aryl methyl sites for hydroxylation is 1. The van der Waals surface area contributed by atoms with Crippen molar-refractivity contribution in [2.24, 2.45) is 0 Å². The summed E-state index contributed by atoms with van der Waals surface area (Å²) >= 11 is 0. The summed E-state index contributed by atoms with van der Waals surface area (Å²) in [5.74, 6) is 0. The van der Waals surface area contributed by atoms with E-state index in [0.29, 0.717) is 6.54 Å². The summed E-state index contributed by atoms with van der Waals surface area (Å²) in [4.78, 5) is 0. The van der Waals surface area contributed by atoms with Crippen LogP contribution in [0.4, 0.5) is 0 Å². The highest BCUT2D eigenvalue weighted by molar-refractivity contribution is 5.15. The highest BCUT2D eigenvalue weighted by atomic mass is 16.6. The summed E-state index contributed by atoms with van der Waals surface area (Å²) in [6.45, 7) is 4.20. The van der Waals surface area contributed by atoms with E-state index in [1.54, 1.807) is 6.92 Å². The second-order valence-electron chi connectivity index (χ2n) is 3.59. The van der Waals surface area contributed by atoms with Crippen molar-refractivity contribution in [1.82, 2.24) is 14.9 Å². The Bertz CT molecular complexity index is 445. The predicted octanol–water partition coefficient (Wildman–Crippen LogP) is 1.28. The average molecular weight is 207 g/mol. The molecular weight excluding hydrogens is 194 g/mol. The highest BCUT2D eigenvalue weighted by Crippen LogP contribution is 2.13. The number of nitrogens with zero attached hydrogens (tertiary/aromatic N) is 3. The van der Waals surface area contributed by atoms with Crippen LogP contribution in [-0.2, 0) is 6.54 Å². The van der Waals surface area contributed by atoms with Crippen molar-refractivity contribution < 1.29 is 9.74 Å². The maximum atomic E-state index is 9.36. The normalized spacial score (nSPS) is 13.0. The van der Waals surface area contributed by atoms with Crippen LogP contribution in [0.2, 0.25) is 0 Å². The molecule has 80 valence electrons. The molecule has 1 N–H and O–H groups in total. The van der Waals surface area contributed by atoms with E-state index in [1.807, 2.05) is 30.0 Å². The van der Waals surface area contributed by atoms with Crippen LogP contribution in [0.25, 0.3) is 0 Å². The number of aliphatic hydroxyl groups is 1. The number of hydrogen-bond donors (Lipinski definition) is 1. The molecule has 0 fully saturated rings. The van der Waals surface area contributed by atoms with E-state index in [-0.39, 0.29) is 0 Å². The van der Waals surface area contributed by atoms with E-state index in [2.05, 4.69) is 14.9 Å². The van der Waals surface area contributed by atoms with Gasteiger partial charge in [-0.1, -0.05) is 10.3 Å². The molecule has 2 aromatic heterocycles. The van der Waals surface area contributed by atoms with Crippen LogP contribution in [0, 0.1) is 6.92 Å². The molecule has 0 aliphatic rings. The highest BCUT2D eigenvalue weighted by Gasteiger charge is 2.07. The van der Waals surface area contributed by atoms with Crippen LogP contribution in [0.5, 0.6) is 0 Å². The number of aliphatic hydroxyl groups excluding tert-OH is 1. The van der Waals surface area contributed by atoms with Crippen molar-refractivity contribution in [3.63, 3.8) is 0 Å². The zero-order valence-electron chi connectivity index (χ0n) is 8.71. The van der Waals surface area contributed by atoms with Crippen molar-refractivity contribution in [2.75, 3.05) is 0 Å². The molecule has 0 aliphatic heterocycles. The zero-order chi connectivity index (χ0) is 10.8. The Morgan fingerprint density at radius 2 is 2.33 bits per heavy atom. The number of rotatable bonds is 3. The maximum absolute atomic E-state index is 9.36. The van der Waals surface area contributed by atoms with E-state index in [9.17, 15) is 5.11 Å². The molecule has 0 amide bonds. The van der Waals surface area contributed by atoms with Gasteiger partial charge < -0.3 is 9.67 Å². The second-order valence-corrected chi connectivity index (χ2v) is 3.59. The third kappa shape index (κ3) is 2.07. The lowest BCUT2D eigenvalue weighted by atomic mass is 10.2. The molecule has 0 saturated heterocycles. The third-order valence-corrected chi connectivity index (χ3v) is 2.33. The van der Waals surface area contributed by atoms with Crippen molar-refractivity contribution in [2.45, 2.75) is 26.5 Å². The van der Waals surface area contributed by atoms with Crippen molar-refractivity contribution in [3.8, 4) is 0 Å². The lowest BCUT2D eigenvalue weighted by Gasteiger charge is -2.00. The smallest absolute Gasteiger partial charge is 0.127 e. The Hall–Kier alpha value is -1.62. The minimum atomic E-state index is -0.442. The minimum absolute atomic E-state index is 0.442. The van der Waals surface area contributed by atoms with E-state index < -0.39 is 6.10 Å². The molecule has 0 radical (unpaired) electrons. The van der Waals surface area contributed by atoms with Crippen LogP contribution >= 0.6 is 0 Å². The Morgan fingerprint density at radius 1 is 1.53 bits per heavy atom. The van der Waals surface area contributed by atoms with Gasteiger partial charge in [-0.15, -0.1) is 0 Å². The van der Waals surface area contributed by atoms with Gasteiger partial charge in [0.1, 0.15) is 11.4 Å². The van der Waals surface area contributed by atoms with Gasteiger partial charge in [0.2, 0.25) is 0 Å². The molecule has 5 heteroatoms. The minimum Gasteiger partial charge on any atom is -0.389 e. The SMILES string of the molecule is Cc1nonc1Cn1ccc(C(C)O)c1. The summed E-state index contributed by atoms with van der Waals surface area (Å²) in [6, 6.07) is 1.88. The van der Waals surface area contributed by atoms with Crippen molar-refractivity contribution >= 4 is 0 Å². The molecule has 0 spiro atoms. The fraction of sp³-hybridized carbons (Fsp3) is 0.400.